The SMILES string of the molecule is O.[NaH].[NaH].[SeH][SeH]. The molecule has 5 heteroatoms. The van der Waals surface area contributed by atoms with Crippen molar-refractivity contribution in [2.24, 2.45) is 0 Å². The van der Waals surface area contributed by atoms with Crippen molar-refractivity contribution in [3.63, 3.8) is 0 Å². The number of rotatable bonds is 0. The summed E-state index contributed by atoms with van der Waals surface area (Å²) in [7, 11) is 0. The quantitative estimate of drug-likeness (QED) is 0.385. The van der Waals surface area contributed by atoms with Crippen LogP contribution in [-0.4, -0.2) is 93.0 Å². The first kappa shape index (κ1) is 24.5. The van der Waals surface area contributed by atoms with Gasteiger partial charge in [-0.05, 0) is 0 Å². The molecule has 0 heterocycles. The average molecular weight is 226 g/mol. The number of hydrogen-bond donors (Lipinski definition) is 0. The molecule has 0 aliphatic rings. The Bertz CT molecular complexity index is 7.61. The van der Waals surface area contributed by atoms with Gasteiger partial charge in [-0.15, -0.1) is 0 Å². The van der Waals surface area contributed by atoms with Crippen LogP contribution in [-0.2, 0) is 0 Å². The molecule has 0 aromatic carbocycles. The van der Waals surface area contributed by atoms with E-state index in [1.165, 1.54) is 0 Å². The van der Waals surface area contributed by atoms with E-state index in [1.54, 1.807) is 0 Å². The van der Waals surface area contributed by atoms with Crippen LogP contribution >= 0.6 is 0 Å². The van der Waals surface area contributed by atoms with Crippen LogP contribution in [0.4, 0.5) is 0 Å². The van der Waals surface area contributed by atoms with E-state index in [-0.39, 0.29) is 64.6 Å². The summed E-state index contributed by atoms with van der Waals surface area (Å²) in [5, 5.41) is 0. The zero-order valence-corrected chi connectivity index (χ0v) is 5.15. The van der Waals surface area contributed by atoms with Gasteiger partial charge in [0.05, 0.1) is 0 Å². The molecule has 0 saturated heterocycles. The molecular weight excluding hydrogens is 220 g/mol. The molecule has 0 atom stereocenters. The Morgan fingerprint density at radius 2 is 0.800 bits per heavy atom. The second-order valence-electron chi connectivity index (χ2n) is 0. The summed E-state index contributed by atoms with van der Waals surface area (Å²) < 4.78 is 0. The van der Waals surface area contributed by atoms with Crippen LogP contribution in [0.25, 0.3) is 0 Å². The van der Waals surface area contributed by atoms with Gasteiger partial charge in [-0.25, -0.2) is 0 Å². The van der Waals surface area contributed by atoms with Crippen LogP contribution in [0.3, 0.4) is 0 Å². The molecule has 2 N–H and O–H groups in total. The van der Waals surface area contributed by atoms with Crippen LogP contribution in [0.5, 0.6) is 0 Å². The molecule has 1 nitrogen and oxygen atoms in total. The summed E-state index contributed by atoms with van der Waals surface area (Å²) in [5.41, 5.74) is 0. The van der Waals surface area contributed by atoms with Gasteiger partial charge in [0.25, 0.3) is 0 Å². The van der Waals surface area contributed by atoms with Crippen LogP contribution in [0.2, 0.25) is 0 Å². The molecule has 0 bridgehead atoms. The molecule has 0 aliphatic heterocycles. The van der Waals surface area contributed by atoms with Crippen molar-refractivity contribution in [3.8, 4) is 0 Å². The van der Waals surface area contributed by atoms with Crippen molar-refractivity contribution in [3.05, 3.63) is 0 Å². The third kappa shape index (κ3) is 19.4. The predicted molar refractivity (Wildman–Crippen MR) is 32.2 cm³/mol. The molecule has 5 heavy (non-hydrogen) atoms. The zero-order chi connectivity index (χ0) is 2.00. The van der Waals surface area contributed by atoms with Gasteiger partial charge in [-0.3, -0.25) is 0 Å². The first-order chi connectivity index (χ1) is 1.00. The van der Waals surface area contributed by atoms with Gasteiger partial charge in [0, 0.05) is 0 Å². The van der Waals surface area contributed by atoms with Crippen molar-refractivity contribution >= 4 is 87.5 Å². The van der Waals surface area contributed by atoms with Crippen LogP contribution in [0, 0.1) is 0 Å². The molecule has 0 fully saturated rings. The zero-order valence-electron chi connectivity index (χ0n) is 1.39. The molecule has 0 aromatic heterocycles. The van der Waals surface area contributed by atoms with E-state index in [0.29, 0.717) is 0 Å². The fraction of sp³-hybridized carbons (Fsp3) is 0. The van der Waals surface area contributed by atoms with Crippen molar-refractivity contribution < 1.29 is 5.48 Å². The summed E-state index contributed by atoms with van der Waals surface area (Å²) in [6.07, 6.45) is 0. The van der Waals surface area contributed by atoms with Gasteiger partial charge in [0.2, 0.25) is 0 Å². The summed E-state index contributed by atoms with van der Waals surface area (Å²) in [4.78, 5) is 0. The van der Waals surface area contributed by atoms with Crippen LogP contribution < -0.4 is 0 Å². The van der Waals surface area contributed by atoms with Crippen molar-refractivity contribution in [1.82, 2.24) is 0 Å². The van der Waals surface area contributed by atoms with E-state index in [4.69, 9.17) is 0 Å². The fourth-order valence-corrected chi connectivity index (χ4v) is 0. The summed E-state index contributed by atoms with van der Waals surface area (Å²) in [6, 6.07) is 0. The molecule has 0 radical (unpaired) electrons. The van der Waals surface area contributed by atoms with Gasteiger partial charge in [-0.1, -0.05) is 0 Å². The van der Waals surface area contributed by atoms with Crippen molar-refractivity contribution in [1.29, 1.82) is 0 Å². The maximum absolute atomic E-state index is 2.25. The van der Waals surface area contributed by atoms with Gasteiger partial charge in [-0.2, -0.15) is 0 Å². The predicted octanol–water partition coefficient (Wildman–Crippen LogP) is -3.42. The first-order valence-corrected chi connectivity index (χ1v) is 5.40. The third-order valence-corrected chi connectivity index (χ3v) is 0. The van der Waals surface area contributed by atoms with E-state index in [9.17, 15) is 0 Å². The first-order valence-electron chi connectivity index (χ1n) is 0.200. The van der Waals surface area contributed by atoms with Gasteiger partial charge in [0.1, 0.15) is 0 Å². The van der Waals surface area contributed by atoms with E-state index in [0.717, 1.165) is 0 Å². The Morgan fingerprint density at radius 1 is 0.800 bits per heavy atom. The van der Waals surface area contributed by atoms with Crippen LogP contribution in [0.15, 0.2) is 0 Å². The van der Waals surface area contributed by atoms with E-state index in [1.807, 2.05) is 0 Å². The molecule has 0 aromatic rings. The Hall–Kier alpha value is 3.00. The summed E-state index contributed by atoms with van der Waals surface area (Å²) in [5.74, 6) is 0. The second kappa shape index (κ2) is 28.0. The number of hydrogen-bond acceptors (Lipinski definition) is 0. The molecule has 0 unspecified atom stereocenters. The molecule has 26 valence electrons. The summed E-state index contributed by atoms with van der Waals surface area (Å²) in [6.45, 7) is 0. The molecule has 0 saturated carbocycles. The summed E-state index contributed by atoms with van der Waals surface area (Å²) >= 11 is 4.50. The molecular formula is H6Na2OSe2. The molecule has 0 amide bonds. The average Bonchev–Trinajstić information content (AvgIpc) is 1.00. The Morgan fingerprint density at radius 3 is 0.800 bits per heavy atom. The Balaban J connectivity index is -0.00000000167. The maximum atomic E-state index is 2.25. The van der Waals surface area contributed by atoms with Gasteiger partial charge >= 0.3 is 87.5 Å². The monoisotopic (exact) mass is 228 g/mol. The fourth-order valence-electron chi connectivity index (χ4n) is 0. The second-order valence-corrected chi connectivity index (χ2v) is 0. The molecule has 0 aliphatic carbocycles. The van der Waals surface area contributed by atoms with E-state index >= 15 is 0 Å². The van der Waals surface area contributed by atoms with Crippen molar-refractivity contribution in [2.75, 3.05) is 0 Å². The minimum atomic E-state index is 0. The topological polar surface area (TPSA) is 31.5 Å². The van der Waals surface area contributed by atoms with E-state index in [2.05, 4.69) is 28.4 Å². The normalized spacial score (nSPS) is 1.20. The molecule has 0 spiro atoms. The van der Waals surface area contributed by atoms with Gasteiger partial charge < -0.3 is 5.48 Å². The van der Waals surface area contributed by atoms with Gasteiger partial charge in [0.15, 0.2) is 0 Å². The van der Waals surface area contributed by atoms with Crippen LogP contribution in [0.1, 0.15) is 0 Å². The van der Waals surface area contributed by atoms with Crippen molar-refractivity contribution in [2.45, 2.75) is 0 Å². The van der Waals surface area contributed by atoms with E-state index < -0.39 is 0 Å². The minimum absolute atomic E-state index is 0. The Labute approximate surface area is 91.1 Å². The third-order valence-electron chi connectivity index (χ3n) is 0. The standard InChI is InChI=1S/2Na.H2O.H2Se2.2H/c;;;1-2;;/h;;1H2;1-2H;;. The Kier molecular flexibility index (Phi) is 137. The molecule has 0 rings (SSSR count).